The van der Waals surface area contributed by atoms with Crippen molar-refractivity contribution in [2.24, 2.45) is 0 Å². The van der Waals surface area contributed by atoms with E-state index in [2.05, 4.69) is 0 Å². The smallest absolute Gasteiger partial charge is 0 e. The van der Waals surface area contributed by atoms with Crippen LogP contribution in [0.15, 0.2) is 0 Å². The van der Waals surface area contributed by atoms with Gasteiger partial charge in [0.05, 0.1) is 0 Å². The van der Waals surface area contributed by atoms with Gasteiger partial charge in [-0.05, 0) is 0 Å². The summed E-state index contributed by atoms with van der Waals surface area (Å²) in [6.45, 7) is 0. The molecule has 0 saturated carbocycles. The normalized spacial score (nSPS) is 2.67. The first kappa shape index (κ1) is 33.6. The van der Waals surface area contributed by atoms with Gasteiger partial charge in [-0.2, -0.15) is 28.4 Å². The molecular formula is C4H12O4Ta-4. The second-order valence-corrected chi connectivity index (χ2v) is 0. The van der Waals surface area contributed by atoms with Gasteiger partial charge in [0.25, 0.3) is 0 Å². The monoisotopic (exact) mass is 305 g/mol. The molecule has 1 radical (unpaired) electrons. The average molecular weight is 305 g/mol. The second-order valence-electron chi connectivity index (χ2n) is 0. The van der Waals surface area contributed by atoms with Crippen molar-refractivity contribution in [3.05, 3.63) is 0 Å². The Bertz CT molecular complexity index is 12.5. The predicted octanol–water partition coefficient (Wildman–Crippen LogP) is -4.10. The zero-order valence-corrected chi connectivity index (χ0v) is 9.29. The fourth-order valence-electron chi connectivity index (χ4n) is 0. The first-order chi connectivity index (χ1) is 4.00. The number of hydrogen-bond acceptors (Lipinski definition) is 4. The van der Waals surface area contributed by atoms with Crippen molar-refractivity contribution in [1.82, 2.24) is 0 Å². The third-order valence-corrected chi connectivity index (χ3v) is 0. The van der Waals surface area contributed by atoms with Gasteiger partial charge in [-0.3, -0.25) is 0 Å². The van der Waals surface area contributed by atoms with Gasteiger partial charge >= 0.3 is 0 Å². The number of rotatable bonds is 0. The SMILES string of the molecule is C[O-].C[O-].C[O-].C[O-].[Ta]. The predicted molar refractivity (Wildman–Crippen MR) is 23.7 cm³/mol. The van der Waals surface area contributed by atoms with Gasteiger partial charge in [0.2, 0.25) is 0 Å². The van der Waals surface area contributed by atoms with Crippen LogP contribution in [0.1, 0.15) is 0 Å². The largest absolute Gasteiger partial charge is 0.857 e. The molecule has 0 saturated heterocycles. The second kappa shape index (κ2) is 1460. The van der Waals surface area contributed by atoms with Gasteiger partial charge in [-0.1, -0.05) is 0 Å². The van der Waals surface area contributed by atoms with E-state index >= 15 is 0 Å². The zero-order valence-electron chi connectivity index (χ0n) is 6.08. The van der Waals surface area contributed by atoms with Crippen molar-refractivity contribution in [1.29, 1.82) is 0 Å². The first-order valence-corrected chi connectivity index (χ1v) is 1.63. The van der Waals surface area contributed by atoms with E-state index in [1.807, 2.05) is 0 Å². The van der Waals surface area contributed by atoms with Gasteiger partial charge in [-0.15, -0.1) is 0 Å². The van der Waals surface area contributed by atoms with Crippen molar-refractivity contribution in [2.45, 2.75) is 0 Å². The third-order valence-electron chi connectivity index (χ3n) is 0. The molecule has 0 bridgehead atoms. The van der Waals surface area contributed by atoms with E-state index < -0.39 is 0 Å². The van der Waals surface area contributed by atoms with Crippen molar-refractivity contribution in [2.75, 3.05) is 28.4 Å². The van der Waals surface area contributed by atoms with Crippen LogP contribution in [0.3, 0.4) is 0 Å². The quantitative estimate of drug-likeness (QED) is 0.455. The first-order valence-electron chi connectivity index (χ1n) is 1.63. The van der Waals surface area contributed by atoms with E-state index in [0.29, 0.717) is 0 Å². The molecule has 0 amide bonds. The van der Waals surface area contributed by atoms with Crippen molar-refractivity contribution >= 4 is 0 Å². The maximum atomic E-state index is 8.25. The van der Waals surface area contributed by atoms with Crippen LogP contribution in [0.2, 0.25) is 0 Å². The van der Waals surface area contributed by atoms with Gasteiger partial charge in [0.15, 0.2) is 0 Å². The molecule has 5 heteroatoms. The van der Waals surface area contributed by atoms with Crippen LogP contribution in [-0.2, 0) is 22.4 Å². The third kappa shape index (κ3) is 1100. The van der Waals surface area contributed by atoms with Crippen LogP contribution in [0, 0.1) is 0 Å². The van der Waals surface area contributed by atoms with Crippen molar-refractivity contribution in [3.63, 3.8) is 0 Å². The van der Waals surface area contributed by atoms with Crippen LogP contribution < -0.4 is 20.4 Å². The summed E-state index contributed by atoms with van der Waals surface area (Å²) < 4.78 is 0. The molecule has 0 rings (SSSR count). The van der Waals surface area contributed by atoms with E-state index in [9.17, 15) is 0 Å². The van der Waals surface area contributed by atoms with Gasteiger partial charge < -0.3 is 20.4 Å². The standard InChI is InChI=1S/4CH3O.Ta/c4*1-2;/h4*1H3;/q4*-1;. The molecule has 0 aromatic rings. The molecule has 0 unspecified atom stereocenters. The molecule has 0 N–H and O–H groups in total. The maximum absolute atomic E-state index is 8.25. The molecule has 9 heavy (non-hydrogen) atoms. The fraction of sp³-hybridized carbons (Fsp3) is 1.00. The Labute approximate surface area is 71.7 Å². The molecule has 0 aromatic heterocycles. The van der Waals surface area contributed by atoms with Gasteiger partial charge in [0.1, 0.15) is 0 Å². The summed E-state index contributed by atoms with van der Waals surface area (Å²) in [5.74, 6) is 0. The maximum Gasteiger partial charge on any atom is 0 e. The average Bonchev–Trinajstić information content (AvgIpc) is 2.03. The minimum absolute atomic E-state index is 0. The molecule has 4 nitrogen and oxygen atoms in total. The van der Waals surface area contributed by atoms with Crippen LogP contribution in [-0.4, -0.2) is 28.4 Å². The van der Waals surface area contributed by atoms with Crippen molar-refractivity contribution < 1.29 is 42.8 Å². The molecule has 61 valence electrons. The summed E-state index contributed by atoms with van der Waals surface area (Å²) in [6, 6.07) is 0. The summed E-state index contributed by atoms with van der Waals surface area (Å²) >= 11 is 0. The molecule has 0 spiro atoms. The Balaban J connectivity index is -0.00000000762. The van der Waals surface area contributed by atoms with Crippen LogP contribution in [0.25, 0.3) is 0 Å². The summed E-state index contributed by atoms with van der Waals surface area (Å²) in [4.78, 5) is 0. The molecule has 0 aliphatic rings. The van der Waals surface area contributed by atoms with E-state index in [0.717, 1.165) is 28.4 Å². The molecular weight excluding hydrogens is 293 g/mol. The Morgan fingerprint density at radius 2 is 0.444 bits per heavy atom. The van der Waals surface area contributed by atoms with E-state index in [1.165, 1.54) is 0 Å². The molecule has 0 aliphatic carbocycles. The number of hydrogen-bond donors (Lipinski definition) is 0. The van der Waals surface area contributed by atoms with Gasteiger partial charge in [-0.25, -0.2) is 0 Å². The van der Waals surface area contributed by atoms with Crippen LogP contribution in [0.4, 0.5) is 0 Å². The van der Waals surface area contributed by atoms with Crippen molar-refractivity contribution in [3.8, 4) is 0 Å². The van der Waals surface area contributed by atoms with E-state index in [-0.39, 0.29) is 22.4 Å². The van der Waals surface area contributed by atoms with Gasteiger partial charge in [0, 0.05) is 22.4 Å². The molecule has 0 atom stereocenters. The molecule has 0 heterocycles. The molecule has 0 aromatic carbocycles. The fourth-order valence-corrected chi connectivity index (χ4v) is 0. The molecule has 0 fully saturated rings. The van der Waals surface area contributed by atoms with Crippen LogP contribution >= 0.6 is 0 Å². The van der Waals surface area contributed by atoms with E-state index in [1.54, 1.807) is 0 Å². The zero-order chi connectivity index (χ0) is 8.00. The summed E-state index contributed by atoms with van der Waals surface area (Å²) in [7, 11) is 3.00. The Hall–Kier alpha value is 0.580. The summed E-state index contributed by atoms with van der Waals surface area (Å²) in [6.07, 6.45) is 0. The van der Waals surface area contributed by atoms with Crippen LogP contribution in [0.5, 0.6) is 0 Å². The Morgan fingerprint density at radius 1 is 0.444 bits per heavy atom. The topological polar surface area (TPSA) is 92.2 Å². The summed E-state index contributed by atoms with van der Waals surface area (Å²) in [5, 5.41) is 33.0. The van der Waals surface area contributed by atoms with E-state index in [4.69, 9.17) is 20.4 Å². The minimum Gasteiger partial charge on any atom is -0.857 e. The Kier molecular flexibility index (Phi) is 5470. The molecule has 0 aliphatic heterocycles. The summed E-state index contributed by atoms with van der Waals surface area (Å²) in [5.41, 5.74) is 0. The minimum atomic E-state index is 0. The Morgan fingerprint density at radius 3 is 0.444 bits per heavy atom.